The molecule has 0 aliphatic carbocycles. The highest BCUT2D eigenvalue weighted by atomic mass is 16.5. The van der Waals surface area contributed by atoms with Gasteiger partial charge in [0, 0.05) is 13.1 Å². The zero-order chi connectivity index (χ0) is 14.5. The predicted molar refractivity (Wildman–Crippen MR) is 71.2 cm³/mol. The number of benzene rings is 1. The fourth-order valence-corrected chi connectivity index (χ4v) is 2.20. The minimum Gasteiger partial charge on any atom is -0.493 e. The van der Waals surface area contributed by atoms with Crippen LogP contribution in [0, 0.1) is 5.92 Å². The van der Waals surface area contributed by atoms with Crippen molar-refractivity contribution in [1.29, 1.82) is 0 Å². The van der Waals surface area contributed by atoms with Gasteiger partial charge in [-0.1, -0.05) is 0 Å². The Labute approximate surface area is 116 Å². The molecular formula is C14H17NO5. The molecule has 108 valence electrons. The van der Waals surface area contributed by atoms with Gasteiger partial charge in [0.25, 0.3) is 0 Å². The van der Waals surface area contributed by atoms with Gasteiger partial charge in [0.15, 0.2) is 0 Å². The summed E-state index contributed by atoms with van der Waals surface area (Å²) in [6.07, 6.45) is 0.715. The predicted octanol–water partition coefficient (Wildman–Crippen LogP) is 2.15. The van der Waals surface area contributed by atoms with Gasteiger partial charge in [-0.3, -0.25) is 0 Å². The fraction of sp³-hybridized carbons (Fsp3) is 0.429. The summed E-state index contributed by atoms with van der Waals surface area (Å²) in [4.78, 5) is 22.9. The monoisotopic (exact) mass is 279 g/mol. The van der Waals surface area contributed by atoms with Crippen LogP contribution in [0.3, 0.4) is 0 Å². The summed E-state index contributed by atoms with van der Waals surface area (Å²) < 4.78 is 5.62. The zero-order valence-electron chi connectivity index (χ0n) is 11.0. The van der Waals surface area contributed by atoms with E-state index in [0.29, 0.717) is 31.4 Å². The first kappa shape index (κ1) is 14.2. The number of amides is 1. The summed E-state index contributed by atoms with van der Waals surface area (Å²) in [7, 11) is 0. The lowest BCUT2D eigenvalue weighted by Gasteiger charge is -2.29. The second-order valence-electron chi connectivity index (χ2n) is 4.85. The van der Waals surface area contributed by atoms with E-state index in [4.69, 9.17) is 14.9 Å². The summed E-state index contributed by atoms with van der Waals surface area (Å²) in [6, 6.07) is 6.28. The Bertz CT molecular complexity index is 477. The number of rotatable bonds is 4. The molecule has 1 amide bonds. The van der Waals surface area contributed by atoms with Crippen LogP contribution < -0.4 is 4.74 Å². The summed E-state index contributed by atoms with van der Waals surface area (Å²) in [6.45, 7) is 1.61. The molecule has 2 N–H and O–H groups in total. The van der Waals surface area contributed by atoms with E-state index in [1.54, 1.807) is 12.1 Å². The van der Waals surface area contributed by atoms with Crippen molar-refractivity contribution in [2.75, 3.05) is 19.7 Å². The molecule has 6 heteroatoms. The SMILES string of the molecule is O=C(O)c1ccc(OCC2CCN(C(=O)O)CC2)cc1. The van der Waals surface area contributed by atoms with Crippen LogP contribution in [0.25, 0.3) is 0 Å². The van der Waals surface area contributed by atoms with Gasteiger partial charge in [0.1, 0.15) is 5.75 Å². The van der Waals surface area contributed by atoms with E-state index in [9.17, 15) is 9.59 Å². The first-order valence-corrected chi connectivity index (χ1v) is 6.50. The maximum Gasteiger partial charge on any atom is 0.407 e. The number of carboxylic acids is 1. The van der Waals surface area contributed by atoms with Crippen molar-refractivity contribution in [2.24, 2.45) is 5.92 Å². The lowest BCUT2D eigenvalue weighted by molar-refractivity contribution is 0.0696. The molecule has 2 rings (SSSR count). The fourth-order valence-electron chi connectivity index (χ4n) is 2.20. The van der Waals surface area contributed by atoms with Crippen molar-refractivity contribution in [3.05, 3.63) is 29.8 Å². The van der Waals surface area contributed by atoms with Crippen LogP contribution in [0.5, 0.6) is 5.75 Å². The number of carbonyl (C=O) groups is 2. The lowest BCUT2D eigenvalue weighted by atomic mass is 9.98. The average molecular weight is 279 g/mol. The van der Waals surface area contributed by atoms with Gasteiger partial charge in [-0.25, -0.2) is 9.59 Å². The Morgan fingerprint density at radius 1 is 1.15 bits per heavy atom. The Morgan fingerprint density at radius 2 is 1.75 bits per heavy atom. The van der Waals surface area contributed by atoms with Gasteiger partial charge in [0.2, 0.25) is 0 Å². The van der Waals surface area contributed by atoms with Crippen LogP contribution in [0.15, 0.2) is 24.3 Å². The van der Waals surface area contributed by atoms with E-state index < -0.39 is 12.1 Å². The number of aromatic carboxylic acids is 1. The molecule has 0 atom stereocenters. The summed E-state index contributed by atoms with van der Waals surface area (Å²) in [5.41, 5.74) is 0.229. The van der Waals surface area contributed by atoms with Gasteiger partial charge in [-0.2, -0.15) is 0 Å². The van der Waals surface area contributed by atoms with Crippen molar-refractivity contribution < 1.29 is 24.5 Å². The van der Waals surface area contributed by atoms with Crippen molar-refractivity contribution in [2.45, 2.75) is 12.8 Å². The summed E-state index contributed by atoms with van der Waals surface area (Å²) in [5.74, 6) is 0.0120. The van der Waals surface area contributed by atoms with Crippen LogP contribution in [0.2, 0.25) is 0 Å². The van der Waals surface area contributed by atoms with E-state index in [1.165, 1.54) is 17.0 Å². The molecule has 6 nitrogen and oxygen atoms in total. The molecule has 0 aromatic heterocycles. The molecular weight excluding hydrogens is 262 g/mol. The van der Waals surface area contributed by atoms with Crippen LogP contribution in [-0.2, 0) is 0 Å². The number of ether oxygens (including phenoxy) is 1. The van der Waals surface area contributed by atoms with Gasteiger partial charge < -0.3 is 19.8 Å². The second-order valence-corrected chi connectivity index (χ2v) is 4.85. The molecule has 20 heavy (non-hydrogen) atoms. The first-order valence-electron chi connectivity index (χ1n) is 6.50. The van der Waals surface area contributed by atoms with Crippen LogP contribution >= 0.6 is 0 Å². The second kappa shape index (κ2) is 6.27. The molecule has 1 saturated heterocycles. The summed E-state index contributed by atoms with van der Waals surface area (Å²) >= 11 is 0. The standard InChI is InChI=1S/C14H17NO5/c16-13(17)11-1-3-12(4-2-11)20-9-10-5-7-15(8-6-10)14(18)19/h1-4,10H,5-9H2,(H,16,17)(H,18,19). The molecule has 1 aliphatic rings. The average Bonchev–Trinajstić information content (AvgIpc) is 2.46. The van der Waals surface area contributed by atoms with Crippen molar-refractivity contribution >= 4 is 12.1 Å². The topological polar surface area (TPSA) is 87.1 Å². The number of carboxylic acid groups (broad SMARTS) is 2. The normalized spacial score (nSPS) is 15.9. The number of piperidine rings is 1. The number of likely N-dealkylation sites (tertiary alicyclic amines) is 1. The minimum atomic E-state index is -0.961. The third-order valence-corrected chi connectivity index (χ3v) is 3.47. The highest BCUT2D eigenvalue weighted by molar-refractivity contribution is 5.87. The molecule has 1 fully saturated rings. The Morgan fingerprint density at radius 3 is 2.25 bits per heavy atom. The first-order chi connectivity index (χ1) is 9.56. The van der Waals surface area contributed by atoms with E-state index in [0.717, 1.165) is 12.8 Å². The quantitative estimate of drug-likeness (QED) is 0.881. The van der Waals surface area contributed by atoms with Crippen LogP contribution in [-0.4, -0.2) is 46.9 Å². The highest BCUT2D eigenvalue weighted by Crippen LogP contribution is 2.20. The van der Waals surface area contributed by atoms with E-state index in [-0.39, 0.29) is 5.56 Å². The third kappa shape index (κ3) is 3.63. The molecule has 1 aliphatic heterocycles. The Kier molecular flexibility index (Phi) is 4.45. The zero-order valence-corrected chi connectivity index (χ0v) is 11.0. The number of nitrogens with zero attached hydrogens (tertiary/aromatic N) is 1. The molecule has 0 bridgehead atoms. The van der Waals surface area contributed by atoms with Gasteiger partial charge in [-0.05, 0) is 43.0 Å². The summed E-state index contributed by atoms with van der Waals surface area (Å²) in [5, 5.41) is 17.6. The largest absolute Gasteiger partial charge is 0.493 e. The molecule has 0 saturated carbocycles. The van der Waals surface area contributed by atoms with Crippen LogP contribution in [0.1, 0.15) is 23.2 Å². The van der Waals surface area contributed by atoms with Crippen LogP contribution in [0.4, 0.5) is 4.79 Å². The van der Waals surface area contributed by atoms with Gasteiger partial charge in [0.05, 0.1) is 12.2 Å². The van der Waals surface area contributed by atoms with Gasteiger partial charge >= 0.3 is 12.1 Å². The van der Waals surface area contributed by atoms with E-state index in [2.05, 4.69) is 0 Å². The molecule has 1 heterocycles. The maximum atomic E-state index is 10.8. The number of hydrogen-bond donors (Lipinski definition) is 2. The highest BCUT2D eigenvalue weighted by Gasteiger charge is 2.22. The molecule has 1 aromatic carbocycles. The molecule has 0 radical (unpaired) electrons. The lowest BCUT2D eigenvalue weighted by Crippen LogP contribution is -2.38. The van der Waals surface area contributed by atoms with Gasteiger partial charge in [-0.15, -0.1) is 0 Å². The van der Waals surface area contributed by atoms with E-state index >= 15 is 0 Å². The molecule has 0 spiro atoms. The Balaban J connectivity index is 1.78. The van der Waals surface area contributed by atoms with Crippen molar-refractivity contribution in [3.8, 4) is 5.75 Å². The number of hydrogen-bond acceptors (Lipinski definition) is 3. The minimum absolute atomic E-state index is 0.229. The van der Waals surface area contributed by atoms with Crippen molar-refractivity contribution in [1.82, 2.24) is 4.90 Å². The molecule has 0 unspecified atom stereocenters. The smallest absolute Gasteiger partial charge is 0.407 e. The van der Waals surface area contributed by atoms with E-state index in [1.807, 2.05) is 0 Å². The third-order valence-electron chi connectivity index (χ3n) is 3.47. The van der Waals surface area contributed by atoms with Crippen molar-refractivity contribution in [3.63, 3.8) is 0 Å². The maximum absolute atomic E-state index is 10.8. The Hall–Kier alpha value is -2.24. The molecule has 1 aromatic rings.